The molecule has 2 rings (SSSR count). The van der Waals surface area contributed by atoms with Crippen LogP contribution in [0.3, 0.4) is 0 Å². The summed E-state index contributed by atoms with van der Waals surface area (Å²) < 4.78 is 0. The largest absolute Gasteiger partial charge is 0.389 e. The normalized spacial score (nSPS) is 16.9. The van der Waals surface area contributed by atoms with E-state index < -0.39 is 0 Å². The molecule has 86 valence electrons. The average molecular weight is 253 g/mol. The molecule has 0 bridgehead atoms. The van der Waals surface area contributed by atoms with Crippen molar-refractivity contribution in [3.05, 3.63) is 23.9 Å². The summed E-state index contributed by atoms with van der Waals surface area (Å²) in [5.74, 6) is 3.46. The van der Waals surface area contributed by atoms with E-state index in [9.17, 15) is 0 Å². The van der Waals surface area contributed by atoms with Crippen LogP contribution in [0.1, 0.15) is 12.0 Å². The Hall–Kier alpha value is -0.810. The highest BCUT2D eigenvalue weighted by Crippen LogP contribution is 2.17. The third-order valence-corrected chi connectivity index (χ3v) is 3.86. The number of rotatable bonds is 2. The summed E-state index contributed by atoms with van der Waals surface area (Å²) in [4.78, 5) is 7.15. The zero-order valence-corrected chi connectivity index (χ0v) is 10.7. The number of hydrogen-bond acceptors (Lipinski definition) is 4. The van der Waals surface area contributed by atoms with Crippen LogP contribution < -0.4 is 10.6 Å². The van der Waals surface area contributed by atoms with E-state index in [1.807, 2.05) is 23.9 Å². The third kappa shape index (κ3) is 2.86. The number of pyridine rings is 1. The van der Waals surface area contributed by atoms with Gasteiger partial charge >= 0.3 is 0 Å². The van der Waals surface area contributed by atoms with E-state index in [1.54, 1.807) is 6.20 Å². The van der Waals surface area contributed by atoms with Gasteiger partial charge in [0.2, 0.25) is 0 Å². The number of nitrogens with zero attached hydrogens (tertiary/aromatic N) is 2. The number of hydrogen-bond donors (Lipinski definition) is 1. The van der Waals surface area contributed by atoms with E-state index >= 15 is 0 Å². The quantitative estimate of drug-likeness (QED) is 0.812. The monoisotopic (exact) mass is 253 g/mol. The summed E-state index contributed by atoms with van der Waals surface area (Å²) in [6.07, 6.45) is 2.99. The van der Waals surface area contributed by atoms with E-state index in [0.29, 0.717) is 4.99 Å². The van der Waals surface area contributed by atoms with Gasteiger partial charge in [0.15, 0.2) is 0 Å². The zero-order chi connectivity index (χ0) is 11.4. The fourth-order valence-corrected chi connectivity index (χ4v) is 2.70. The number of anilines is 1. The van der Waals surface area contributed by atoms with Crippen LogP contribution in [0.4, 0.5) is 5.82 Å². The number of thioether (sulfide) groups is 1. The summed E-state index contributed by atoms with van der Waals surface area (Å²) >= 11 is 6.92. The lowest BCUT2D eigenvalue weighted by atomic mass is 10.2. The predicted molar refractivity (Wildman–Crippen MR) is 74.3 cm³/mol. The Bertz CT molecular complexity index is 356. The highest BCUT2D eigenvalue weighted by atomic mass is 32.2. The molecule has 1 aromatic heterocycles. The van der Waals surface area contributed by atoms with Crippen molar-refractivity contribution in [2.75, 3.05) is 29.5 Å². The molecule has 0 atom stereocenters. The van der Waals surface area contributed by atoms with Crippen LogP contribution in [0.15, 0.2) is 18.3 Å². The van der Waals surface area contributed by atoms with Gasteiger partial charge in [-0.2, -0.15) is 11.8 Å². The van der Waals surface area contributed by atoms with E-state index in [0.717, 1.165) is 24.5 Å². The maximum absolute atomic E-state index is 5.54. The molecule has 1 saturated heterocycles. The van der Waals surface area contributed by atoms with Crippen LogP contribution >= 0.6 is 24.0 Å². The van der Waals surface area contributed by atoms with Crippen molar-refractivity contribution < 1.29 is 0 Å². The van der Waals surface area contributed by atoms with Gasteiger partial charge in [0.05, 0.1) is 0 Å². The standard InChI is InChI=1S/C11H15N3S2/c12-11(15)9-2-3-10(13-8-9)14-4-1-6-16-7-5-14/h2-3,8H,1,4-7H2,(H2,12,15). The fraction of sp³-hybridized carbons (Fsp3) is 0.455. The summed E-state index contributed by atoms with van der Waals surface area (Å²) in [6.45, 7) is 2.16. The van der Waals surface area contributed by atoms with Crippen molar-refractivity contribution in [3.8, 4) is 0 Å². The number of aromatic nitrogens is 1. The van der Waals surface area contributed by atoms with Gasteiger partial charge in [-0.3, -0.25) is 0 Å². The molecule has 2 heterocycles. The summed E-state index contributed by atoms with van der Waals surface area (Å²) in [5, 5.41) is 0. The van der Waals surface area contributed by atoms with Crippen molar-refractivity contribution >= 4 is 34.8 Å². The first-order valence-corrected chi connectivity index (χ1v) is 6.92. The molecule has 5 heteroatoms. The molecule has 1 fully saturated rings. The molecule has 0 amide bonds. The lowest BCUT2D eigenvalue weighted by Crippen LogP contribution is -2.26. The average Bonchev–Trinajstić information content (AvgIpc) is 2.57. The second kappa shape index (κ2) is 5.50. The fourth-order valence-electron chi connectivity index (χ4n) is 1.69. The third-order valence-electron chi connectivity index (χ3n) is 2.58. The summed E-state index contributed by atoms with van der Waals surface area (Å²) in [7, 11) is 0. The minimum absolute atomic E-state index is 0.408. The van der Waals surface area contributed by atoms with E-state index in [1.165, 1.54) is 17.9 Å². The van der Waals surface area contributed by atoms with Crippen LogP contribution in [-0.2, 0) is 0 Å². The molecule has 1 aromatic rings. The molecule has 1 aliphatic rings. The lowest BCUT2D eigenvalue weighted by Gasteiger charge is -2.20. The zero-order valence-electron chi connectivity index (χ0n) is 9.06. The topological polar surface area (TPSA) is 42.1 Å². The molecule has 0 spiro atoms. The summed E-state index contributed by atoms with van der Waals surface area (Å²) in [6, 6.07) is 3.95. The Kier molecular flexibility index (Phi) is 4.01. The second-order valence-electron chi connectivity index (χ2n) is 3.72. The molecule has 0 aromatic carbocycles. The minimum atomic E-state index is 0.408. The predicted octanol–water partition coefficient (Wildman–Crippen LogP) is 1.66. The van der Waals surface area contributed by atoms with E-state index in [2.05, 4.69) is 9.88 Å². The summed E-state index contributed by atoms with van der Waals surface area (Å²) in [5.41, 5.74) is 6.38. The van der Waals surface area contributed by atoms with Gasteiger partial charge in [-0.25, -0.2) is 4.98 Å². The van der Waals surface area contributed by atoms with Gasteiger partial charge in [-0.15, -0.1) is 0 Å². The Morgan fingerprint density at radius 3 is 2.94 bits per heavy atom. The molecule has 0 aliphatic carbocycles. The maximum Gasteiger partial charge on any atom is 0.128 e. The molecule has 0 saturated carbocycles. The van der Waals surface area contributed by atoms with E-state index in [-0.39, 0.29) is 0 Å². The first kappa shape index (κ1) is 11.7. The smallest absolute Gasteiger partial charge is 0.128 e. The highest BCUT2D eigenvalue weighted by Gasteiger charge is 2.10. The van der Waals surface area contributed by atoms with Crippen LogP contribution in [0.5, 0.6) is 0 Å². The Balaban J connectivity index is 2.10. The lowest BCUT2D eigenvalue weighted by molar-refractivity contribution is 0.801. The van der Waals surface area contributed by atoms with Gasteiger partial charge in [0.25, 0.3) is 0 Å². The van der Waals surface area contributed by atoms with Crippen LogP contribution in [0.25, 0.3) is 0 Å². The van der Waals surface area contributed by atoms with E-state index in [4.69, 9.17) is 18.0 Å². The van der Waals surface area contributed by atoms with Crippen LogP contribution in [0.2, 0.25) is 0 Å². The first-order chi connectivity index (χ1) is 7.77. The van der Waals surface area contributed by atoms with Gasteiger partial charge < -0.3 is 10.6 Å². The Morgan fingerprint density at radius 1 is 1.38 bits per heavy atom. The Morgan fingerprint density at radius 2 is 2.25 bits per heavy atom. The second-order valence-corrected chi connectivity index (χ2v) is 5.39. The molecule has 1 aliphatic heterocycles. The van der Waals surface area contributed by atoms with Gasteiger partial charge in [-0.05, 0) is 24.3 Å². The van der Waals surface area contributed by atoms with Crippen molar-refractivity contribution in [3.63, 3.8) is 0 Å². The Labute approximate surface area is 105 Å². The van der Waals surface area contributed by atoms with Gasteiger partial charge in [-0.1, -0.05) is 12.2 Å². The molecule has 0 radical (unpaired) electrons. The maximum atomic E-state index is 5.54. The van der Waals surface area contributed by atoms with Crippen molar-refractivity contribution in [2.24, 2.45) is 5.73 Å². The molecule has 0 unspecified atom stereocenters. The first-order valence-electron chi connectivity index (χ1n) is 5.36. The molecule has 2 N–H and O–H groups in total. The minimum Gasteiger partial charge on any atom is -0.389 e. The number of nitrogens with two attached hydrogens (primary N) is 1. The molecule has 3 nitrogen and oxygen atoms in total. The molecular formula is C11H15N3S2. The van der Waals surface area contributed by atoms with Crippen molar-refractivity contribution in [2.45, 2.75) is 6.42 Å². The van der Waals surface area contributed by atoms with Crippen molar-refractivity contribution in [1.29, 1.82) is 0 Å². The van der Waals surface area contributed by atoms with Crippen molar-refractivity contribution in [1.82, 2.24) is 4.98 Å². The number of thiocarbonyl (C=S) groups is 1. The SMILES string of the molecule is NC(=S)c1ccc(N2CCCSCC2)nc1. The van der Waals surface area contributed by atoms with Crippen LogP contribution in [0, 0.1) is 0 Å². The highest BCUT2D eigenvalue weighted by molar-refractivity contribution is 7.99. The van der Waals surface area contributed by atoms with Gasteiger partial charge in [0.1, 0.15) is 10.8 Å². The van der Waals surface area contributed by atoms with Gasteiger partial charge in [0, 0.05) is 30.6 Å². The molecular weight excluding hydrogens is 238 g/mol. The molecule has 16 heavy (non-hydrogen) atoms. The van der Waals surface area contributed by atoms with Crippen LogP contribution in [-0.4, -0.2) is 34.6 Å².